The second-order valence-corrected chi connectivity index (χ2v) is 5.24. The molecule has 0 saturated carbocycles. The van der Waals surface area contributed by atoms with Gasteiger partial charge in [0.25, 0.3) is 17.3 Å². The van der Waals surface area contributed by atoms with E-state index in [0.717, 1.165) is 6.07 Å². The third kappa shape index (κ3) is 3.81. The van der Waals surface area contributed by atoms with Crippen molar-refractivity contribution in [2.24, 2.45) is 0 Å². The van der Waals surface area contributed by atoms with Crippen molar-refractivity contribution in [2.75, 3.05) is 19.5 Å². The van der Waals surface area contributed by atoms with Crippen molar-refractivity contribution in [1.29, 1.82) is 0 Å². The Morgan fingerprint density at radius 1 is 1.08 bits per heavy atom. The van der Waals surface area contributed by atoms with Gasteiger partial charge in [-0.15, -0.1) is 0 Å². The molecule has 136 valence electrons. The number of non-ortho nitro benzene ring substituents is 1. The molecule has 2 aromatic carbocycles. The predicted molar refractivity (Wildman–Crippen MR) is 92.3 cm³/mol. The molecule has 2 aromatic rings. The van der Waals surface area contributed by atoms with Crippen molar-refractivity contribution in [2.45, 2.75) is 0 Å². The van der Waals surface area contributed by atoms with Crippen LogP contribution in [0.3, 0.4) is 0 Å². The highest BCUT2D eigenvalue weighted by Gasteiger charge is 2.26. The highest BCUT2D eigenvalue weighted by molar-refractivity contribution is 6.36. The predicted octanol–water partition coefficient (Wildman–Crippen LogP) is 3.43. The molecule has 0 heterocycles. The molecule has 0 spiro atoms. The van der Waals surface area contributed by atoms with Crippen LogP contribution < -0.4 is 14.8 Å². The summed E-state index contributed by atoms with van der Waals surface area (Å²) in [5.74, 6) is -0.180. The normalized spacial score (nSPS) is 10.1. The Morgan fingerprint density at radius 2 is 1.77 bits per heavy atom. The summed E-state index contributed by atoms with van der Waals surface area (Å²) in [7, 11) is 2.80. The van der Waals surface area contributed by atoms with Gasteiger partial charge in [-0.25, -0.2) is 0 Å². The smallest absolute Gasteiger partial charge is 0.295 e. The first-order valence-corrected chi connectivity index (χ1v) is 7.32. The van der Waals surface area contributed by atoms with Crippen LogP contribution in [0, 0.1) is 20.2 Å². The summed E-state index contributed by atoms with van der Waals surface area (Å²) in [5, 5.41) is 24.0. The monoisotopic (exact) mass is 381 g/mol. The number of methoxy groups -OCH3 is 2. The lowest BCUT2D eigenvalue weighted by atomic mass is 10.1. The number of rotatable bonds is 6. The van der Waals surface area contributed by atoms with E-state index in [1.54, 1.807) is 6.07 Å². The number of carbonyl (C=O) groups is 1. The molecule has 2 rings (SSSR count). The van der Waals surface area contributed by atoms with Gasteiger partial charge in [0.05, 0.1) is 41.4 Å². The maximum atomic E-state index is 12.5. The van der Waals surface area contributed by atoms with Gasteiger partial charge in [0.1, 0.15) is 16.5 Å². The van der Waals surface area contributed by atoms with Gasteiger partial charge in [0, 0.05) is 12.1 Å². The Balaban J connectivity index is 2.50. The topological polar surface area (TPSA) is 134 Å². The van der Waals surface area contributed by atoms with Crippen LogP contribution in [0.15, 0.2) is 30.3 Å². The number of amides is 1. The van der Waals surface area contributed by atoms with Crippen LogP contribution in [0.25, 0.3) is 0 Å². The van der Waals surface area contributed by atoms with Crippen LogP contribution in [0.1, 0.15) is 10.4 Å². The Hall–Kier alpha value is -3.40. The quantitative estimate of drug-likeness (QED) is 0.598. The third-order valence-corrected chi connectivity index (χ3v) is 3.74. The minimum Gasteiger partial charge on any atom is -0.497 e. The summed E-state index contributed by atoms with van der Waals surface area (Å²) >= 11 is 5.89. The van der Waals surface area contributed by atoms with E-state index in [9.17, 15) is 25.0 Å². The van der Waals surface area contributed by atoms with Gasteiger partial charge < -0.3 is 14.8 Å². The number of anilines is 1. The van der Waals surface area contributed by atoms with Crippen molar-refractivity contribution >= 4 is 34.6 Å². The summed E-state index contributed by atoms with van der Waals surface area (Å²) in [6.45, 7) is 0. The SMILES string of the molecule is COc1ccc(OC)c(NC(=O)c2cc([N+](=O)[O-])cc([N+](=O)[O-])c2Cl)c1. The van der Waals surface area contributed by atoms with E-state index >= 15 is 0 Å². The van der Waals surface area contributed by atoms with Crippen LogP contribution in [0.2, 0.25) is 5.02 Å². The summed E-state index contributed by atoms with van der Waals surface area (Å²) < 4.78 is 10.2. The zero-order valence-corrected chi connectivity index (χ0v) is 14.3. The molecule has 11 heteroatoms. The fraction of sp³-hybridized carbons (Fsp3) is 0.133. The molecule has 0 aromatic heterocycles. The van der Waals surface area contributed by atoms with E-state index < -0.39 is 37.7 Å². The number of hydrogen-bond donors (Lipinski definition) is 1. The van der Waals surface area contributed by atoms with Gasteiger partial charge >= 0.3 is 0 Å². The number of carbonyl (C=O) groups excluding carboxylic acids is 1. The number of halogens is 1. The van der Waals surface area contributed by atoms with Crippen molar-refractivity contribution in [1.82, 2.24) is 0 Å². The molecule has 1 N–H and O–H groups in total. The average molecular weight is 382 g/mol. The van der Waals surface area contributed by atoms with E-state index in [-0.39, 0.29) is 11.4 Å². The van der Waals surface area contributed by atoms with Gasteiger partial charge in [0.15, 0.2) is 0 Å². The summed E-state index contributed by atoms with van der Waals surface area (Å²) in [6, 6.07) is 6.13. The molecule has 10 nitrogen and oxygen atoms in total. The standard InChI is InChI=1S/C15H12ClN3O7/c1-25-9-3-4-13(26-2)11(7-9)17-15(20)10-5-8(18(21)22)6-12(14(10)16)19(23)24/h3-7H,1-2H3,(H,17,20). The number of nitro groups is 2. The molecule has 0 saturated heterocycles. The molecule has 0 atom stereocenters. The maximum absolute atomic E-state index is 12.5. The fourth-order valence-electron chi connectivity index (χ4n) is 2.10. The maximum Gasteiger partial charge on any atom is 0.295 e. The lowest BCUT2D eigenvalue weighted by molar-refractivity contribution is -0.394. The Labute approximate surface area is 151 Å². The molecule has 1 amide bonds. The zero-order valence-electron chi connectivity index (χ0n) is 13.5. The molecule has 0 aliphatic heterocycles. The minimum absolute atomic E-state index is 0.196. The first-order chi connectivity index (χ1) is 12.3. The highest BCUT2D eigenvalue weighted by atomic mass is 35.5. The van der Waals surface area contributed by atoms with Crippen LogP contribution in [-0.2, 0) is 0 Å². The lowest BCUT2D eigenvalue weighted by Gasteiger charge is -2.12. The molecular formula is C15H12ClN3O7. The Kier molecular flexibility index (Phi) is 5.58. The van der Waals surface area contributed by atoms with Gasteiger partial charge in [-0.2, -0.15) is 0 Å². The second kappa shape index (κ2) is 7.66. The molecule has 0 aliphatic carbocycles. The largest absolute Gasteiger partial charge is 0.497 e. The van der Waals surface area contributed by atoms with Crippen LogP contribution in [0.5, 0.6) is 11.5 Å². The van der Waals surface area contributed by atoms with Gasteiger partial charge in [-0.1, -0.05) is 11.6 Å². The Morgan fingerprint density at radius 3 is 2.31 bits per heavy atom. The first kappa shape index (κ1) is 18.9. The van der Waals surface area contributed by atoms with Crippen molar-refractivity contribution < 1.29 is 24.1 Å². The van der Waals surface area contributed by atoms with Crippen molar-refractivity contribution in [3.63, 3.8) is 0 Å². The lowest BCUT2D eigenvalue weighted by Crippen LogP contribution is -2.14. The number of nitrogens with one attached hydrogen (secondary N) is 1. The van der Waals surface area contributed by atoms with Gasteiger partial charge in [0.2, 0.25) is 0 Å². The van der Waals surface area contributed by atoms with Gasteiger partial charge in [-0.05, 0) is 12.1 Å². The van der Waals surface area contributed by atoms with Crippen LogP contribution >= 0.6 is 11.6 Å². The highest BCUT2D eigenvalue weighted by Crippen LogP contribution is 2.34. The molecule has 26 heavy (non-hydrogen) atoms. The van der Waals surface area contributed by atoms with E-state index in [4.69, 9.17) is 21.1 Å². The minimum atomic E-state index is -0.905. The first-order valence-electron chi connectivity index (χ1n) is 6.94. The Bertz CT molecular complexity index is 901. The summed E-state index contributed by atoms with van der Waals surface area (Å²) in [5.41, 5.74) is -1.60. The van der Waals surface area contributed by atoms with Crippen molar-refractivity contribution in [3.05, 3.63) is 61.1 Å². The van der Waals surface area contributed by atoms with Crippen LogP contribution in [0.4, 0.5) is 17.1 Å². The molecule has 0 unspecified atom stereocenters. The number of benzene rings is 2. The average Bonchev–Trinajstić information content (AvgIpc) is 2.61. The fourth-order valence-corrected chi connectivity index (χ4v) is 2.36. The molecule has 0 aliphatic rings. The van der Waals surface area contributed by atoms with E-state index in [0.29, 0.717) is 11.8 Å². The number of hydrogen-bond acceptors (Lipinski definition) is 7. The van der Waals surface area contributed by atoms with E-state index in [1.165, 1.54) is 26.4 Å². The third-order valence-electron chi connectivity index (χ3n) is 3.35. The molecule has 0 bridgehead atoms. The molecule has 0 radical (unpaired) electrons. The number of nitrogens with zero attached hydrogens (tertiary/aromatic N) is 2. The summed E-state index contributed by atoms with van der Waals surface area (Å²) in [6.07, 6.45) is 0. The van der Waals surface area contributed by atoms with E-state index in [1.807, 2.05) is 0 Å². The molecular weight excluding hydrogens is 370 g/mol. The molecule has 0 fully saturated rings. The number of ether oxygens (including phenoxy) is 2. The second-order valence-electron chi connectivity index (χ2n) is 4.86. The van der Waals surface area contributed by atoms with Gasteiger partial charge in [-0.3, -0.25) is 25.0 Å². The van der Waals surface area contributed by atoms with E-state index in [2.05, 4.69) is 5.32 Å². The van der Waals surface area contributed by atoms with Crippen molar-refractivity contribution in [3.8, 4) is 11.5 Å². The summed E-state index contributed by atoms with van der Waals surface area (Å²) in [4.78, 5) is 32.8. The zero-order chi connectivity index (χ0) is 19.4. The number of nitro benzene ring substituents is 2. The van der Waals surface area contributed by atoms with Crippen LogP contribution in [-0.4, -0.2) is 30.0 Å².